The Kier molecular flexibility index (Phi) is 10.5. The van der Waals surface area contributed by atoms with Gasteiger partial charge in [-0.05, 0) is 37.5 Å². The highest BCUT2D eigenvalue weighted by Gasteiger charge is 2.29. The summed E-state index contributed by atoms with van der Waals surface area (Å²) in [6.07, 6.45) is 1.89. The largest absolute Gasteiger partial charge is 0.341 e. The number of nitrogens with zero attached hydrogens (tertiary/aromatic N) is 2. The molecule has 0 aliphatic carbocycles. The second-order valence-corrected chi connectivity index (χ2v) is 9.52. The maximum Gasteiger partial charge on any atom is 0.251 e. The van der Waals surface area contributed by atoms with Crippen LogP contribution in [0.25, 0.3) is 0 Å². The second kappa shape index (κ2) is 12.1. The molecule has 1 unspecified atom stereocenters. The number of unbranched alkanes of at least 4 members (excludes halogenated alkanes) is 1. The van der Waals surface area contributed by atoms with Crippen molar-refractivity contribution in [2.24, 2.45) is 5.92 Å². The minimum Gasteiger partial charge on any atom is -0.341 e. The fourth-order valence-electron chi connectivity index (χ4n) is 3.22. The van der Waals surface area contributed by atoms with Crippen LogP contribution in [0.3, 0.4) is 0 Å². The molecule has 0 saturated heterocycles. The Morgan fingerprint density at radius 2 is 1.67 bits per heavy atom. The lowest BCUT2D eigenvalue weighted by atomic mass is 10.0. The van der Waals surface area contributed by atoms with Crippen LogP contribution in [-0.2, 0) is 14.8 Å². The number of nitrogens with one attached hydrogen (secondary N) is 1. The van der Waals surface area contributed by atoms with Gasteiger partial charge in [-0.2, -0.15) is 4.31 Å². The molecular formula is C22H37N3O4S. The van der Waals surface area contributed by atoms with Gasteiger partial charge in [0, 0.05) is 31.7 Å². The van der Waals surface area contributed by atoms with E-state index in [4.69, 9.17) is 0 Å². The van der Waals surface area contributed by atoms with Crippen molar-refractivity contribution in [1.29, 1.82) is 0 Å². The minimum atomic E-state index is -3.67. The Morgan fingerprint density at radius 3 is 2.17 bits per heavy atom. The molecular weight excluding hydrogens is 402 g/mol. The van der Waals surface area contributed by atoms with Crippen molar-refractivity contribution >= 4 is 21.8 Å². The van der Waals surface area contributed by atoms with Crippen LogP contribution < -0.4 is 5.32 Å². The molecule has 0 bridgehead atoms. The van der Waals surface area contributed by atoms with Crippen LogP contribution in [0.1, 0.15) is 64.7 Å². The second-order valence-electron chi connectivity index (χ2n) is 7.58. The molecule has 7 nitrogen and oxygen atoms in total. The highest BCUT2D eigenvalue weighted by molar-refractivity contribution is 7.89. The maximum atomic E-state index is 13.0. The van der Waals surface area contributed by atoms with E-state index in [2.05, 4.69) is 12.2 Å². The van der Waals surface area contributed by atoms with Gasteiger partial charge in [-0.1, -0.05) is 47.1 Å². The molecule has 2 amide bonds. The van der Waals surface area contributed by atoms with Crippen molar-refractivity contribution in [1.82, 2.24) is 14.5 Å². The number of amides is 2. The van der Waals surface area contributed by atoms with Gasteiger partial charge in [0.1, 0.15) is 6.04 Å². The van der Waals surface area contributed by atoms with Gasteiger partial charge in [-0.15, -0.1) is 0 Å². The fraction of sp³-hybridized carbons (Fsp3) is 0.636. The predicted octanol–water partition coefficient (Wildman–Crippen LogP) is 3.12. The summed E-state index contributed by atoms with van der Waals surface area (Å²) in [6.45, 7) is 13.2. The Bertz CT molecular complexity index is 804. The van der Waals surface area contributed by atoms with E-state index in [1.54, 1.807) is 30.9 Å². The van der Waals surface area contributed by atoms with Crippen LogP contribution in [0.5, 0.6) is 0 Å². The van der Waals surface area contributed by atoms with E-state index in [1.165, 1.54) is 16.4 Å². The number of rotatable bonds is 12. The Labute approximate surface area is 181 Å². The van der Waals surface area contributed by atoms with Gasteiger partial charge in [0.2, 0.25) is 15.9 Å². The van der Waals surface area contributed by atoms with Crippen LogP contribution in [0, 0.1) is 5.92 Å². The molecule has 0 radical (unpaired) electrons. The van der Waals surface area contributed by atoms with Gasteiger partial charge in [0.05, 0.1) is 4.90 Å². The summed E-state index contributed by atoms with van der Waals surface area (Å²) < 4.78 is 26.9. The maximum absolute atomic E-state index is 13.0. The van der Waals surface area contributed by atoms with Gasteiger partial charge in [-0.3, -0.25) is 9.59 Å². The zero-order valence-electron chi connectivity index (χ0n) is 19.1. The first-order valence-electron chi connectivity index (χ1n) is 10.8. The molecule has 1 atom stereocenters. The molecule has 1 aromatic carbocycles. The SMILES string of the molecule is CCCCN(CC)C(=O)C(NC(=O)c1cccc(S(=O)(=O)N(CC)CC)c1)C(C)C. The molecule has 0 spiro atoms. The highest BCUT2D eigenvalue weighted by Crippen LogP contribution is 2.17. The lowest BCUT2D eigenvalue weighted by Crippen LogP contribution is -2.51. The van der Waals surface area contributed by atoms with Crippen molar-refractivity contribution in [3.8, 4) is 0 Å². The topological polar surface area (TPSA) is 86.8 Å². The van der Waals surface area contributed by atoms with Crippen LogP contribution in [-0.4, -0.2) is 61.7 Å². The summed E-state index contributed by atoms with van der Waals surface area (Å²) in [4.78, 5) is 27.7. The number of carbonyl (C=O) groups is 2. The third-order valence-corrected chi connectivity index (χ3v) is 7.18. The first-order chi connectivity index (χ1) is 14.1. The van der Waals surface area contributed by atoms with Crippen LogP contribution in [0.15, 0.2) is 29.2 Å². The van der Waals surface area contributed by atoms with E-state index < -0.39 is 22.0 Å². The standard InChI is InChI=1S/C22H37N3O4S/c1-7-11-15-24(8-2)22(27)20(17(5)6)23-21(26)18-13-12-14-19(16-18)30(28,29)25(9-3)10-4/h12-14,16-17,20H,7-11,15H2,1-6H3,(H,23,26). The van der Waals surface area contributed by atoms with Gasteiger partial charge in [0.15, 0.2) is 0 Å². The van der Waals surface area contributed by atoms with Crippen LogP contribution in [0.2, 0.25) is 0 Å². The normalized spacial score (nSPS) is 12.8. The predicted molar refractivity (Wildman–Crippen MR) is 120 cm³/mol. The quantitative estimate of drug-likeness (QED) is 0.542. The smallest absolute Gasteiger partial charge is 0.251 e. The lowest BCUT2D eigenvalue weighted by Gasteiger charge is -2.29. The molecule has 1 N–H and O–H groups in total. The molecule has 170 valence electrons. The molecule has 0 saturated carbocycles. The number of sulfonamides is 1. The molecule has 0 aliphatic heterocycles. The third kappa shape index (κ3) is 6.54. The number of hydrogen-bond donors (Lipinski definition) is 1. The first kappa shape index (κ1) is 26.1. The number of hydrogen-bond acceptors (Lipinski definition) is 4. The molecule has 1 rings (SSSR count). The van der Waals surface area contributed by atoms with Gasteiger partial charge < -0.3 is 10.2 Å². The molecule has 30 heavy (non-hydrogen) atoms. The Balaban J connectivity index is 3.11. The molecule has 0 aromatic heterocycles. The van der Waals surface area contributed by atoms with Crippen molar-refractivity contribution < 1.29 is 18.0 Å². The summed E-state index contributed by atoms with van der Waals surface area (Å²) in [5.41, 5.74) is 0.221. The highest BCUT2D eigenvalue weighted by atomic mass is 32.2. The van der Waals surface area contributed by atoms with E-state index >= 15 is 0 Å². The Hall–Kier alpha value is -1.93. The van der Waals surface area contributed by atoms with E-state index in [0.717, 1.165) is 12.8 Å². The van der Waals surface area contributed by atoms with E-state index in [9.17, 15) is 18.0 Å². The van der Waals surface area contributed by atoms with E-state index in [0.29, 0.717) is 26.2 Å². The molecule has 0 heterocycles. The average molecular weight is 440 g/mol. The molecule has 0 aliphatic rings. The zero-order valence-corrected chi connectivity index (χ0v) is 20.0. The molecule has 8 heteroatoms. The van der Waals surface area contributed by atoms with Crippen molar-refractivity contribution in [3.05, 3.63) is 29.8 Å². The van der Waals surface area contributed by atoms with Gasteiger partial charge in [0.25, 0.3) is 5.91 Å². The first-order valence-corrected chi connectivity index (χ1v) is 12.3. The van der Waals surface area contributed by atoms with Crippen LogP contribution in [0.4, 0.5) is 0 Å². The molecule has 1 aromatic rings. The van der Waals surface area contributed by atoms with E-state index in [1.807, 2.05) is 20.8 Å². The summed E-state index contributed by atoms with van der Waals surface area (Å²) in [5, 5.41) is 2.82. The van der Waals surface area contributed by atoms with E-state index in [-0.39, 0.29) is 22.3 Å². The zero-order chi connectivity index (χ0) is 22.9. The lowest BCUT2D eigenvalue weighted by molar-refractivity contribution is -0.134. The molecule has 0 fully saturated rings. The minimum absolute atomic E-state index is 0.0735. The average Bonchev–Trinajstić information content (AvgIpc) is 2.72. The number of benzene rings is 1. The third-order valence-electron chi connectivity index (χ3n) is 5.13. The summed E-state index contributed by atoms with van der Waals surface area (Å²) in [5.74, 6) is -0.661. The van der Waals surface area contributed by atoms with Gasteiger partial charge in [-0.25, -0.2) is 8.42 Å². The number of carbonyl (C=O) groups excluding carboxylic acids is 2. The van der Waals surface area contributed by atoms with Gasteiger partial charge >= 0.3 is 0 Å². The van der Waals surface area contributed by atoms with Crippen molar-refractivity contribution in [2.75, 3.05) is 26.2 Å². The summed E-state index contributed by atoms with van der Waals surface area (Å²) in [6, 6.07) is 5.31. The summed E-state index contributed by atoms with van der Waals surface area (Å²) in [7, 11) is -3.67. The van der Waals surface area contributed by atoms with Crippen LogP contribution >= 0.6 is 0 Å². The van der Waals surface area contributed by atoms with Crippen molar-refractivity contribution in [2.45, 2.75) is 65.3 Å². The fourth-order valence-corrected chi connectivity index (χ4v) is 4.72. The number of likely N-dealkylation sites (N-methyl/N-ethyl adjacent to an activating group) is 1. The monoisotopic (exact) mass is 439 g/mol. The summed E-state index contributed by atoms with van der Waals surface area (Å²) >= 11 is 0. The Morgan fingerprint density at radius 1 is 1.03 bits per heavy atom. The van der Waals surface area contributed by atoms with Crippen molar-refractivity contribution in [3.63, 3.8) is 0 Å².